The Labute approximate surface area is 242 Å². The molecule has 6 rings (SSSR count). The minimum Gasteiger partial charge on any atom is -0.489 e. The van der Waals surface area contributed by atoms with E-state index in [1.54, 1.807) is 12.1 Å². The number of ether oxygens (including phenoxy) is 1. The number of anilines is 1. The van der Waals surface area contributed by atoms with Gasteiger partial charge in [0, 0.05) is 56.5 Å². The van der Waals surface area contributed by atoms with Gasteiger partial charge in [0.1, 0.15) is 24.5 Å². The Morgan fingerprint density at radius 1 is 1.05 bits per heavy atom. The van der Waals surface area contributed by atoms with Crippen molar-refractivity contribution in [3.05, 3.63) is 88.4 Å². The van der Waals surface area contributed by atoms with Crippen LogP contribution in [0, 0.1) is 17.1 Å². The number of halogens is 1. The summed E-state index contributed by atoms with van der Waals surface area (Å²) in [5, 5.41) is 11.3. The van der Waals surface area contributed by atoms with Crippen molar-refractivity contribution in [1.29, 1.82) is 5.26 Å². The van der Waals surface area contributed by atoms with Gasteiger partial charge in [-0.2, -0.15) is 5.26 Å². The third-order valence-electron chi connectivity index (χ3n) is 7.99. The number of carbonyl (C=O) groups is 3. The zero-order valence-electron chi connectivity index (χ0n) is 22.9. The van der Waals surface area contributed by atoms with Crippen molar-refractivity contribution in [1.82, 2.24) is 20.1 Å². The van der Waals surface area contributed by atoms with Gasteiger partial charge in [-0.25, -0.2) is 9.37 Å². The van der Waals surface area contributed by atoms with Gasteiger partial charge in [-0.05, 0) is 35.7 Å². The van der Waals surface area contributed by atoms with E-state index < -0.39 is 17.8 Å². The first-order valence-corrected chi connectivity index (χ1v) is 13.9. The largest absolute Gasteiger partial charge is 0.489 e. The first-order chi connectivity index (χ1) is 20.4. The maximum atomic E-state index is 14.4. The predicted molar refractivity (Wildman–Crippen MR) is 150 cm³/mol. The minimum absolute atomic E-state index is 0.210. The van der Waals surface area contributed by atoms with Crippen molar-refractivity contribution in [3.63, 3.8) is 0 Å². The molecule has 0 radical (unpaired) electrons. The van der Waals surface area contributed by atoms with E-state index in [1.165, 1.54) is 17.2 Å². The average molecular weight is 569 g/mol. The van der Waals surface area contributed by atoms with Crippen LogP contribution in [-0.2, 0) is 29.3 Å². The molecule has 1 N–H and O–H groups in total. The third-order valence-corrected chi connectivity index (χ3v) is 7.99. The molecule has 10 nitrogen and oxygen atoms in total. The number of amides is 3. The van der Waals surface area contributed by atoms with Gasteiger partial charge in [-0.1, -0.05) is 30.3 Å². The first kappa shape index (κ1) is 27.4. The van der Waals surface area contributed by atoms with Crippen LogP contribution < -0.4 is 15.0 Å². The lowest BCUT2D eigenvalue weighted by Crippen LogP contribution is -2.52. The summed E-state index contributed by atoms with van der Waals surface area (Å²) in [6.07, 6.45) is 1.93. The second-order valence-electron chi connectivity index (χ2n) is 10.7. The van der Waals surface area contributed by atoms with Crippen molar-refractivity contribution in [2.75, 3.05) is 31.1 Å². The van der Waals surface area contributed by atoms with E-state index in [9.17, 15) is 18.8 Å². The van der Waals surface area contributed by atoms with E-state index in [4.69, 9.17) is 10.00 Å². The van der Waals surface area contributed by atoms with Crippen molar-refractivity contribution >= 4 is 23.5 Å². The molecule has 2 saturated heterocycles. The van der Waals surface area contributed by atoms with E-state index in [0.29, 0.717) is 37.4 Å². The summed E-state index contributed by atoms with van der Waals surface area (Å²) < 4.78 is 20.5. The molecule has 2 aromatic carbocycles. The zero-order valence-corrected chi connectivity index (χ0v) is 22.9. The van der Waals surface area contributed by atoms with Gasteiger partial charge in [-0.3, -0.25) is 24.6 Å². The summed E-state index contributed by atoms with van der Waals surface area (Å²) in [4.78, 5) is 46.8. The van der Waals surface area contributed by atoms with Crippen LogP contribution in [0.3, 0.4) is 0 Å². The van der Waals surface area contributed by atoms with Gasteiger partial charge >= 0.3 is 0 Å². The number of pyridine rings is 1. The summed E-state index contributed by atoms with van der Waals surface area (Å²) in [5.74, 6) is -0.561. The lowest BCUT2D eigenvalue weighted by Gasteiger charge is -2.35. The molecular formula is C31H29FN6O4. The molecule has 11 heteroatoms. The molecule has 0 saturated carbocycles. The fraction of sp³-hybridized carbons (Fsp3) is 0.323. The van der Waals surface area contributed by atoms with Crippen LogP contribution in [0.4, 0.5) is 10.2 Å². The summed E-state index contributed by atoms with van der Waals surface area (Å²) in [5.41, 5.74) is 3.61. The Morgan fingerprint density at radius 3 is 2.52 bits per heavy atom. The lowest BCUT2D eigenvalue weighted by molar-refractivity contribution is -0.136. The Kier molecular flexibility index (Phi) is 7.54. The number of carbonyl (C=O) groups excluding carboxylic acids is 3. The molecule has 3 aliphatic heterocycles. The zero-order chi connectivity index (χ0) is 29.2. The Bertz CT molecular complexity index is 1580. The van der Waals surface area contributed by atoms with Gasteiger partial charge in [0.05, 0.1) is 12.1 Å². The topological polar surface area (TPSA) is 119 Å². The number of piperazine rings is 1. The molecule has 2 fully saturated rings. The van der Waals surface area contributed by atoms with Crippen LogP contribution >= 0.6 is 0 Å². The van der Waals surface area contributed by atoms with Gasteiger partial charge in [-0.15, -0.1) is 0 Å². The second kappa shape index (κ2) is 11.6. The lowest BCUT2D eigenvalue weighted by atomic mass is 10.0. The Hall–Kier alpha value is -4.82. The number of nitriles is 1. The van der Waals surface area contributed by atoms with Gasteiger partial charge in [0.2, 0.25) is 11.8 Å². The van der Waals surface area contributed by atoms with Crippen LogP contribution in [0.2, 0.25) is 0 Å². The van der Waals surface area contributed by atoms with E-state index in [0.717, 1.165) is 36.3 Å². The number of imide groups is 1. The average Bonchev–Trinajstić information content (AvgIpc) is 3.33. The van der Waals surface area contributed by atoms with E-state index in [1.807, 2.05) is 29.2 Å². The number of piperidine rings is 1. The normalized spacial score (nSPS) is 19.0. The highest BCUT2D eigenvalue weighted by atomic mass is 19.1. The van der Waals surface area contributed by atoms with Crippen LogP contribution in [0.25, 0.3) is 0 Å². The molecule has 3 amide bonds. The number of benzene rings is 2. The second-order valence-corrected chi connectivity index (χ2v) is 10.7. The highest BCUT2D eigenvalue weighted by Gasteiger charge is 2.40. The number of hydrogen-bond acceptors (Lipinski definition) is 8. The molecule has 0 bridgehead atoms. The molecule has 214 valence electrons. The molecule has 3 aromatic rings. The molecular weight excluding hydrogens is 539 g/mol. The summed E-state index contributed by atoms with van der Waals surface area (Å²) >= 11 is 0. The van der Waals surface area contributed by atoms with Crippen molar-refractivity contribution in [3.8, 4) is 11.8 Å². The molecule has 3 aliphatic rings. The number of fused-ring (bicyclic) bond motifs is 1. The highest BCUT2D eigenvalue weighted by Crippen LogP contribution is 2.34. The Balaban J connectivity index is 1.02. The number of nitrogens with zero attached hydrogens (tertiary/aromatic N) is 5. The molecule has 4 heterocycles. The predicted octanol–water partition coefficient (Wildman–Crippen LogP) is 2.75. The molecule has 1 atom stereocenters. The van der Waals surface area contributed by atoms with Gasteiger partial charge in [0.15, 0.2) is 11.6 Å². The van der Waals surface area contributed by atoms with E-state index in [2.05, 4.69) is 27.3 Å². The van der Waals surface area contributed by atoms with Crippen LogP contribution in [-0.4, -0.2) is 64.7 Å². The number of rotatable bonds is 7. The molecule has 0 spiro atoms. The summed E-state index contributed by atoms with van der Waals surface area (Å²) in [6.45, 7) is 4.17. The molecule has 1 aromatic heterocycles. The Morgan fingerprint density at radius 2 is 1.81 bits per heavy atom. The van der Waals surface area contributed by atoms with Crippen molar-refractivity contribution < 1.29 is 23.5 Å². The third kappa shape index (κ3) is 5.53. The monoisotopic (exact) mass is 568 g/mol. The smallest absolute Gasteiger partial charge is 0.255 e. The van der Waals surface area contributed by atoms with Crippen molar-refractivity contribution in [2.24, 2.45) is 0 Å². The first-order valence-electron chi connectivity index (χ1n) is 13.9. The standard InChI is InChI=1S/C31H29FN6O4/c32-25-14-22(15-33)16-34-29(25)37-12-10-36(11-13-37)17-20-4-6-21(7-5-20)19-42-27-3-1-2-23-24(27)18-38(31(23)41)26-8-9-28(39)35-30(26)40/h1-7,14,16,26H,8-13,17-19H2,(H,35,39,40)/t26-/m0/s1. The number of hydrogen-bond donors (Lipinski definition) is 1. The number of aromatic nitrogens is 1. The van der Waals surface area contributed by atoms with Gasteiger partial charge in [0.25, 0.3) is 5.91 Å². The maximum Gasteiger partial charge on any atom is 0.255 e. The maximum absolute atomic E-state index is 14.4. The minimum atomic E-state index is -0.667. The SMILES string of the molecule is N#Cc1cnc(N2CCN(Cc3ccc(COc4cccc5c4CN([C@H]4CCC(=O)NC4=O)C5=O)cc3)CC2)c(F)c1. The van der Waals surface area contributed by atoms with Crippen LogP contribution in [0.15, 0.2) is 54.7 Å². The summed E-state index contributed by atoms with van der Waals surface area (Å²) in [6, 6.07) is 16.0. The molecule has 0 aliphatic carbocycles. The number of nitrogens with one attached hydrogen (secondary N) is 1. The van der Waals surface area contributed by atoms with Crippen LogP contribution in [0.5, 0.6) is 5.75 Å². The van der Waals surface area contributed by atoms with Crippen LogP contribution in [0.1, 0.15) is 45.5 Å². The van der Waals surface area contributed by atoms with Gasteiger partial charge < -0.3 is 14.5 Å². The highest BCUT2D eigenvalue weighted by molar-refractivity contribution is 6.05. The molecule has 42 heavy (non-hydrogen) atoms. The van der Waals surface area contributed by atoms with E-state index in [-0.39, 0.29) is 36.2 Å². The van der Waals surface area contributed by atoms with E-state index >= 15 is 0 Å². The fourth-order valence-corrected chi connectivity index (χ4v) is 5.69. The summed E-state index contributed by atoms with van der Waals surface area (Å²) in [7, 11) is 0. The molecule has 0 unspecified atom stereocenters. The fourth-order valence-electron chi connectivity index (χ4n) is 5.69. The quantitative estimate of drug-likeness (QED) is 0.433. The van der Waals surface area contributed by atoms with Crippen molar-refractivity contribution in [2.45, 2.75) is 38.6 Å².